The zero-order chi connectivity index (χ0) is 22.5. The Morgan fingerprint density at radius 1 is 0.969 bits per heavy atom. The summed E-state index contributed by atoms with van der Waals surface area (Å²) in [6.45, 7) is 8.72. The number of rotatable bonds is 10. The summed E-state index contributed by atoms with van der Waals surface area (Å²) in [6.07, 6.45) is 3.20. The molecule has 1 fully saturated rings. The minimum Gasteiger partial charge on any atom is -0.464 e. The fraction of sp³-hybridized carbons (Fsp3) is 0.393. The highest BCUT2D eigenvalue weighted by Gasteiger charge is 2.32. The molecule has 0 aliphatic heterocycles. The lowest BCUT2D eigenvalue weighted by Crippen LogP contribution is -2.41. The molecule has 0 unspecified atom stereocenters. The van der Waals surface area contributed by atoms with Crippen LogP contribution < -0.4 is 0 Å². The summed E-state index contributed by atoms with van der Waals surface area (Å²) < 4.78 is 5.80. The van der Waals surface area contributed by atoms with Crippen molar-refractivity contribution in [2.24, 2.45) is 0 Å². The van der Waals surface area contributed by atoms with E-state index in [2.05, 4.69) is 61.2 Å². The van der Waals surface area contributed by atoms with Crippen LogP contribution in [-0.2, 0) is 24.3 Å². The van der Waals surface area contributed by atoms with Crippen molar-refractivity contribution in [2.75, 3.05) is 13.1 Å². The highest BCUT2D eigenvalue weighted by Crippen LogP contribution is 2.29. The molecule has 1 amide bonds. The van der Waals surface area contributed by atoms with Gasteiger partial charge in [-0.3, -0.25) is 9.69 Å². The molecule has 1 aromatic heterocycles. The topological polar surface area (TPSA) is 36.7 Å². The van der Waals surface area contributed by atoms with Gasteiger partial charge in [-0.1, -0.05) is 54.1 Å². The summed E-state index contributed by atoms with van der Waals surface area (Å²) in [5.41, 5.74) is 5.13. The Labute approximate surface area is 191 Å². The van der Waals surface area contributed by atoms with Crippen molar-refractivity contribution >= 4 is 5.91 Å². The predicted molar refractivity (Wildman–Crippen MR) is 128 cm³/mol. The van der Waals surface area contributed by atoms with Gasteiger partial charge in [0, 0.05) is 19.1 Å². The van der Waals surface area contributed by atoms with Gasteiger partial charge in [-0.15, -0.1) is 0 Å². The van der Waals surface area contributed by atoms with Crippen LogP contribution in [0.1, 0.15) is 46.6 Å². The van der Waals surface area contributed by atoms with Gasteiger partial charge < -0.3 is 9.32 Å². The Morgan fingerprint density at radius 3 is 2.44 bits per heavy atom. The number of hydrogen-bond acceptors (Lipinski definition) is 3. The van der Waals surface area contributed by atoms with E-state index in [0.29, 0.717) is 25.7 Å². The molecule has 2 aromatic carbocycles. The summed E-state index contributed by atoms with van der Waals surface area (Å²) >= 11 is 0. The molecular formula is C28H34N2O2. The maximum atomic E-state index is 13.5. The van der Waals surface area contributed by atoms with E-state index in [1.165, 1.54) is 35.1 Å². The van der Waals surface area contributed by atoms with Crippen LogP contribution in [-0.4, -0.2) is 34.8 Å². The molecule has 0 atom stereocenters. The Kier molecular flexibility index (Phi) is 7.11. The number of carbonyl (C=O) groups excluding carboxylic acids is 1. The van der Waals surface area contributed by atoms with Crippen molar-refractivity contribution in [3.8, 4) is 0 Å². The summed E-state index contributed by atoms with van der Waals surface area (Å²) in [4.78, 5) is 17.8. The molecule has 0 bridgehead atoms. The second-order valence-corrected chi connectivity index (χ2v) is 9.13. The number of hydrogen-bond donors (Lipinski definition) is 0. The molecule has 0 spiro atoms. The third-order valence-corrected chi connectivity index (χ3v) is 6.29. The molecule has 4 nitrogen and oxygen atoms in total. The summed E-state index contributed by atoms with van der Waals surface area (Å²) in [5.74, 6) is 1.90. The molecule has 4 rings (SSSR count). The second-order valence-electron chi connectivity index (χ2n) is 9.13. The van der Waals surface area contributed by atoms with Gasteiger partial charge in [0.05, 0.1) is 13.1 Å². The van der Waals surface area contributed by atoms with E-state index in [9.17, 15) is 4.79 Å². The van der Waals surface area contributed by atoms with Gasteiger partial charge in [0.15, 0.2) is 0 Å². The third-order valence-electron chi connectivity index (χ3n) is 6.29. The largest absolute Gasteiger partial charge is 0.464 e. The van der Waals surface area contributed by atoms with Crippen LogP contribution in [0.2, 0.25) is 0 Å². The van der Waals surface area contributed by atoms with E-state index in [1.807, 2.05) is 30.0 Å². The predicted octanol–water partition coefficient (Wildman–Crippen LogP) is 5.44. The average molecular weight is 431 g/mol. The molecule has 3 aromatic rings. The number of aryl methyl sites for hydroxylation is 3. The monoisotopic (exact) mass is 430 g/mol. The highest BCUT2D eigenvalue weighted by atomic mass is 16.3. The highest BCUT2D eigenvalue weighted by molar-refractivity contribution is 5.78. The molecule has 4 heteroatoms. The molecule has 1 aliphatic rings. The van der Waals surface area contributed by atoms with Crippen molar-refractivity contribution in [1.82, 2.24) is 9.80 Å². The lowest BCUT2D eigenvalue weighted by molar-refractivity contribution is -0.133. The Balaban J connectivity index is 1.47. The normalized spacial score (nSPS) is 13.5. The van der Waals surface area contributed by atoms with Crippen LogP contribution in [0.5, 0.6) is 0 Å². The van der Waals surface area contributed by atoms with E-state index in [-0.39, 0.29) is 5.91 Å². The number of amides is 1. The smallest absolute Gasteiger partial charge is 0.237 e. The van der Waals surface area contributed by atoms with Crippen LogP contribution >= 0.6 is 0 Å². The number of carbonyl (C=O) groups is 1. The van der Waals surface area contributed by atoms with E-state index < -0.39 is 0 Å². The summed E-state index contributed by atoms with van der Waals surface area (Å²) in [7, 11) is 0. The SMILES string of the molecule is Cc1ccc(C)c(CN(CC(=O)N(CCc2ccccc2)Cc2ccc(C)o2)C2CC2)c1. The molecule has 1 saturated carbocycles. The van der Waals surface area contributed by atoms with Gasteiger partial charge in [-0.25, -0.2) is 0 Å². The zero-order valence-electron chi connectivity index (χ0n) is 19.5. The van der Waals surface area contributed by atoms with Crippen molar-refractivity contribution in [3.63, 3.8) is 0 Å². The molecule has 168 valence electrons. The van der Waals surface area contributed by atoms with Crippen molar-refractivity contribution in [2.45, 2.75) is 59.2 Å². The van der Waals surface area contributed by atoms with Gasteiger partial charge in [0.2, 0.25) is 5.91 Å². The van der Waals surface area contributed by atoms with Crippen LogP contribution in [0, 0.1) is 20.8 Å². The zero-order valence-corrected chi connectivity index (χ0v) is 19.5. The first-order valence-corrected chi connectivity index (χ1v) is 11.6. The third kappa shape index (κ3) is 6.10. The Bertz CT molecular complexity index is 1040. The molecule has 0 radical (unpaired) electrons. The average Bonchev–Trinajstić information content (AvgIpc) is 3.55. The Hall–Kier alpha value is -2.85. The first-order valence-electron chi connectivity index (χ1n) is 11.6. The molecule has 32 heavy (non-hydrogen) atoms. The first-order chi connectivity index (χ1) is 15.5. The van der Waals surface area contributed by atoms with Crippen LogP contribution in [0.3, 0.4) is 0 Å². The number of nitrogens with zero attached hydrogens (tertiary/aromatic N) is 2. The number of furan rings is 1. The fourth-order valence-electron chi connectivity index (χ4n) is 4.18. The minimum atomic E-state index is 0.173. The molecule has 0 saturated heterocycles. The maximum absolute atomic E-state index is 13.5. The maximum Gasteiger partial charge on any atom is 0.237 e. The summed E-state index contributed by atoms with van der Waals surface area (Å²) in [6, 6.07) is 21.4. The minimum absolute atomic E-state index is 0.173. The van der Waals surface area contributed by atoms with Gasteiger partial charge >= 0.3 is 0 Å². The first kappa shape index (κ1) is 22.3. The molecule has 1 heterocycles. The van der Waals surface area contributed by atoms with Gasteiger partial charge in [-0.05, 0) is 68.9 Å². The molecular weight excluding hydrogens is 396 g/mol. The molecule has 1 aliphatic carbocycles. The Morgan fingerprint density at radius 2 is 1.75 bits per heavy atom. The van der Waals surface area contributed by atoms with Crippen molar-refractivity contribution < 1.29 is 9.21 Å². The van der Waals surface area contributed by atoms with Gasteiger partial charge in [-0.2, -0.15) is 0 Å². The van der Waals surface area contributed by atoms with Gasteiger partial charge in [0.1, 0.15) is 11.5 Å². The van der Waals surface area contributed by atoms with Crippen LogP contribution in [0.25, 0.3) is 0 Å². The van der Waals surface area contributed by atoms with Crippen molar-refractivity contribution in [3.05, 3.63) is 94.4 Å². The van der Waals surface area contributed by atoms with E-state index >= 15 is 0 Å². The van der Waals surface area contributed by atoms with E-state index in [4.69, 9.17) is 4.42 Å². The van der Waals surface area contributed by atoms with E-state index in [1.54, 1.807) is 0 Å². The van der Waals surface area contributed by atoms with Crippen LogP contribution in [0.4, 0.5) is 0 Å². The molecule has 0 N–H and O–H groups in total. The number of benzene rings is 2. The van der Waals surface area contributed by atoms with Crippen LogP contribution in [0.15, 0.2) is 65.1 Å². The lowest BCUT2D eigenvalue weighted by atomic mass is 10.1. The standard InChI is InChI=1S/C28H34N2O2/c1-21-9-10-22(2)25(17-21)18-30(26-12-13-26)20-28(31)29(19-27-14-11-23(3)32-27)16-15-24-7-5-4-6-8-24/h4-11,14,17,26H,12-13,15-16,18-20H2,1-3H3. The van der Waals surface area contributed by atoms with E-state index in [0.717, 1.165) is 24.5 Å². The summed E-state index contributed by atoms with van der Waals surface area (Å²) in [5, 5.41) is 0. The second kappa shape index (κ2) is 10.2. The lowest BCUT2D eigenvalue weighted by Gasteiger charge is -2.28. The van der Waals surface area contributed by atoms with Gasteiger partial charge in [0.25, 0.3) is 0 Å². The van der Waals surface area contributed by atoms with Crippen molar-refractivity contribution in [1.29, 1.82) is 0 Å². The quantitative estimate of drug-likeness (QED) is 0.430. The fourth-order valence-corrected chi connectivity index (χ4v) is 4.18.